The molecule has 0 radical (unpaired) electrons. The summed E-state index contributed by atoms with van der Waals surface area (Å²) in [6, 6.07) is 0. The lowest BCUT2D eigenvalue weighted by Crippen LogP contribution is -2.26. The van der Waals surface area contributed by atoms with Gasteiger partial charge in [-0.3, -0.25) is 0 Å². The molecular weight excluding hydrogens is 174 g/mol. The number of nitrogens with zero attached hydrogens (tertiary/aromatic N) is 1. The first kappa shape index (κ1) is 11.7. The van der Waals surface area contributed by atoms with Crippen LogP contribution in [0.3, 0.4) is 0 Å². The van der Waals surface area contributed by atoms with Crippen LogP contribution < -0.4 is 0 Å². The molecule has 2 nitrogen and oxygen atoms in total. The Hall–Kier alpha value is -0.370. The van der Waals surface area contributed by atoms with Crippen LogP contribution in [0.5, 0.6) is 0 Å². The van der Waals surface area contributed by atoms with Crippen molar-refractivity contribution < 1.29 is 4.79 Å². The van der Waals surface area contributed by atoms with Gasteiger partial charge in [0.25, 0.3) is 0 Å². The van der Waals surface area contributed by atoms with Crippen molar-refractivity contribution in [2.75, 3.05) is 19.6 Å². The number of unbranched alkanes of at least 4 members (excludes halogenated alkanes) is 1. The monoisotopic (exact) mass is 197 g/mol. The Kier molecular flexibility index (Phi) is 5.16. The molecule has 0 bridgehead atoms. The number of rotatable bonds is 8. The van der Waals surface area contributed by atoms with Gasteiger partial charge in [-0.2, -0.15) is 0 Å². The number of carbonyl (C=O) groups excluding carboxylic acids is 1. The second-order valence-corrected chi connectivity index (χ2v) is 4.50. The zero-order valence-corrected chi connectivity index (χ0v) is 9.59. The molecule has 0 N–H and O–H groups in total. The molecule has 14 heavy (non-hydrogen) atoms. The highest BCUT2D eigenvalue weighted by Crippen LogP contribution is 2.29. The third kappa shape index (κ3) is 5.38. The van der Waals surface area contributed by atoms with Crippen LogP contribution in [0.25, 0.3) is 0 Å². The first-order chi connectivity index (χ1) is 6.72. The van der Waals surface area contributed by atoms with Crippen molar-refractivity contribution in [2.24, 2.45) is 5.92 Å². The average molecular weight is 197 g/mol. The van der Waals surface area contributed by atoms with E-state index in [2.05, 4.69) is 11.8 Å². The molecule has 82 valence electrons. The lowest BCUT2D eigenvalue weighted by Gasteiger charge is -2.19. The van der Waals surface area contributed by atoms with Crippen molar-refractivity contribution in [3.05, 3.63) is 0 Å². The van der Waals surface area contributed by atoms with Gasteiger partial charge >= 0.3 is 0 Å². The van der Waals surface area contributed by atoms with E-state index in [1.165, 1.54) is 32.4 Å². The summed E-state index contributed by atoms with van der Waals surface area (Å²) in [5, 5.41) is 0. The molecule has 1 rings (SSSR count). The van der Waals surface area contributed by atoms with Crippen LogP contribution in [0.2, 0.25) is 0 Å². The maximum absolute atomic E-state index is 10.7. The summed E-state index contributed by atoms with van der Waals surface area (Å²) >= 11 is 0. The van der Waals surface area contributed by atoms with Crippen LogP contribution >= 0.6 is 0 Å². The van der Waals surface area contributed by atoms with Gasteiger partial charge in [0.1, 0.15) is 5.78 Å². The summed E-state index contributed by atoms with van der Waals surface area (Å²) in [6.07, 6.45) is 5.88. The highest BCUT2D eigenvalue weighted by atomic mass is 16.1. The Morgan fingerprint density at radius 3 is 2.57 bits per heavy atom. The first-order valence-corrected chi connectivity index (χ1v) is 5.94. The van der Waals surface area contributed by atoms with E-state index in [1.807, 2.05) is 0 Å². The largest absolute Gasteiger partial charge is 0.303 e. The second kappa shape index (κ2) is 6.18. The Balaban J connectivity index is 1.98. The van der Waals surface area contributed by atoms with Crippen molar-refractivity contribution >= 4 is 5.78 Å². The lowest BCUT2D eigenvalue weighted by atomic mass is 10.2. The molecule has 0 aromatic carbocycles. The van der Waals surface area contributed by atoms with Gasteiger partial charge < -0.3 is 9.69 Å². The van der Waals surface area contributed by atoms with Gasteiger partial charge in [-0.05, 0) is 51.6 Å². The maximum atomic E-state index is 10.7. The Morgan fingerprint density at radius 1 is 1.36 bits per heavy atom. The molecule has 0 aromatic rings. The quantitative estimate of drug-likeness (QED) is 0.557. The Morgan fingerprint density at radius 2 is 2.07 bits per heavy atom. The highest BCUT2D eigenvalue weighted by Gasteiger charge is 2.23. The minimum atomic E-state index is 0.329. The fraction of sp³-hybridized carbons (Fsp3) is 0.917. The number of ketones is 1. The predicted molar refractivity (Wildman–Crippen MR) is 59.4 cm³/mol. The van der Waals surface area contributed by atoms with Gasteiger partial charge in [0, 0.05) is 13.0 Å². The van der Waals surface area contributed by atoms with E-state index in [0.29, 0.717) is 5.78 Å². The van der Waals surface area contributed by atoms with Crippen molar-refractivity contribution in [2.45, 2.75) is 46.0 Å². The molecule has 1 saturated carbocycles. The number of carbonyl (C=O) groups is 1. The van der Waals surface area contributed by atoms with E-state index in [1.54, 1.807) is 6.92 Å². The molecule has 0 amide bonds. The van der Waals surface area contributed by atoms with Crippen LogP contribution in [0.1, 0.15) is 46.0 Å². The molecule has 0 aromatic heterocycles. The summed E-state index contributed by atoms with van der Waals surface area (Å²) in [5.41, 5.74) is 0. The zero-order valence-electron chi connectivity index (χ0n) is 9.59. The average Bonchev–Trinajstić information content (AvgIpc) is 2.93. The molecule has 0 aliphatic heterocycles. The fourth-order valence-electron chi connectivity index (χ4n) is 1.75. The molecule has 2 heteroatoms. The van der Waals surface area contributed by atoms with E-state index in [4.69, 9.17) is 0 Å². The minimum Gasteiger partial charge on any atom is -0.303 e. The molecule has 1 aliphatic rings. The molecule has 0 unspecified atom stereocenters. The standard InChI is InChI=1S/C12H23NO/c1-3-13(10-12-7-8-12)9-5-4-6-11(2)14/h12H,3-10H2,1-2H3. The molecule has 1 aliphatic carbocycles. The number of Topliss-reactive ketones (excluding diaryl/α,β-unsaturated/α-hetero) is 1. The SMILES string of the molecule is CCN(CCCCC(C)=O)CC1CC1. The third-order valence-electron chi connectivity index (χ3n) is 2.91. The van der Waals surface area contributed by atoms with Crippen LogP contribution in [-0.4, -0.2) is 30.3 Å². The van der Waals surface area contributed by atoms with E-state index >= 15 is 0 Å². The summed E-state index contributed by atoms with van der Waals surface area (Å²) in [4.78, 5) is 13.3. The van der Waals surface area contributed by atoms with E-state index in [0.717, 1.165) is 25.3 Å². The van der Waals surface area contributed by atoms with Gasteiger partial charge in [-0.1, -0.05) is 6.92 Å². The Bertz CT molecular complexity index is 175. The summed E-state index contributed by atoms with van der Waals surface area (Å²) < 4.78 is 0. The molecule has 1 fully saturated rings. The molecule has 0 saturated heterocycles. The summed E-state index contributed by atoms with van der Waals surface area (Å²) in [6.45, 7) is 7.54. The van der Waals surface area contributed by atoms with E-state index in [9.17, 15) is 4.79 Å². The molecule has 0 heterocycles. The lowest BCUT2D eigenvalue weighted by molar-refractivity contribution is -0.117. The molecule has 0 atom stereocenters. The van der Waals surface area contributed by atoms with Gasteiger partial charge in [-0.15, -0.1) is 0 Å². The third-order valence-corrected chi connectivity index (χ3v) is 2.91. The summed E-state index contributed by atoms with van der Waals surface area (Å²) in [5.74, 6) is 1.32. The number of hydrogen-bond acceptors (Lipinski definition) is 2. The molecular formula is C12H23NO. The maximum Gasteiger partial charge on any atom is 0.129 e. The van der Waals surface area contributed by atoms with Crippen molar-refractivity contribution in [3.63, 3.8) is 0 Å². The van der Waals surface area contributed by atoms with Gasteiger partial charge in [0.2, 0.25) is 0 Å². The Labute approximate surface area is 87.7 Å². The topological polar surface area (TPSA) is 20.3 Å². The normalized spacial score (nSPS) is 16.2. The first-order valence-electron chi connectivity index (χ1n) is 5.94. The van der Waals surface area contributed by atoms with Crippen LogP contribution in [0.4, 0.5) is 0 Å². The van der Waals surface area contributed by atoms with Crippen molar-refractivity contribution in [3.8, 4) is 0 Å². The fourth-order valence-corrected chi connectivity index (χ4v) is 1.75. The smallest absolute Gasteiger partial charge is 0.129 e. The molecule has 0 spiro atoms. The van der Waals surface area contributed by atoms with Gasteiger partial charge in [-0.25, -0.2) is 0 Å². The van der Waals surface area contributed by atoms with Crippen molar-refractivity contribution in [1.82, 2.24) is 4.90 Å². The van der Waals surface area contributed by atoms with Gasteiger partial charge in [0.15, 0.2) is 0 Å². The van der Waals surface area contributed by atoms with Crippen LogP contribution in [-0.2, 0) is 4.79 Å². The van der Waals surface area contributed by atoms with E-state index < -0.39 is 0 Å². The summed E-state index contributed by atoms with van der Waals surface area (Å²) in [7, 11) is 0. The van der Waals surface area contributed by atoms with Crippen LogP contribution in [0, 0.1) is 5.92 Å². The second-order valence-electron chi connectivity index (χ2n) is 4.50. The minimum absolute atomic E-state index is 0.329. The predicted octanol–water partition coefficient (Wildman–Crippen LogP) is 2.48. The van der Waals surface area contributed by atoms with Crippen molar-refractivity contribution in [1.29, 1.82) is 0 Å². The number of hydrogen-bond donors (Lipinski definition) is 0. The zero-order chi connectivity index (χ0) is 10.4. The van der Waals surface area contributed by atoms with Gasteiger partial charge in [0.05, 0.1) is 0 Å². The van der Waals surface area contributed by atoms with E-state index in [-0.39, 0.29) is 0 Å². The van der Waals surface area contributed by atoms with Crippen LogP contribution in [0.15, 0.2) is 0 Å². The highest BCUT2D eigenvalue weighted by molar-refractivity contribution is 5.75.